The van der Waals surface area contributed by atoms with Crippen molar-refractivity contribution in [2.24, 2.45) is 0 Å². The van der Waals surface area contributed by atoms with Crippen molar-refractivity contribution < 1.29 is 4.79 Å². The summed E-state index contributed by atoms with van der Waals surface area (Å²) in [5.74, 6) is -0.131. The van der Waals surface area contributed by atoms with Gasteiger partial charge in [0.15, 0.2) is 0 Å². The molecular formula is C12H14Cl2N2O. The van der Waals surface area contributed by atoms with Gasteiger partial charge in [-0.1, -0.05) is 29.3 Å². The molecule has 17 heavy (non-hydrogen) atoms. The van der Waals surface area contributed by atoms with Gasteiger partial charge in [0.25, 0.3) is 0 Å². The summed E-state index contributed by atoms with van der Waals surface area (Å²) in [6.45, 7) is 2.38. The lowest BCUT2D eigenvalue weighted by Crippen LogP contribution is -2.35. The molecule has 2 rings (SSSR count). The molecule has 2 N–H and O–H groups in total. The topological polar surface area (TPSA) is 41.1 Å². The Morgan fingerprint density at radius 3 is 2.47 bits per heavy atom. The number of nitrogens with one attached hydrogen (secondary N) is 2. The Kier molecular flexibility index (Phi) is 3.61. The second kappa shape index (κ2) is 4.84. The number of anilines is 1. The van der Waals surface area contributed by atoms with Crippen LogP contribution in [0.2, 0.25) is 10.0 Å². The van der Waals surface area contributed by atoms with Gasteiger partial charge in [0.2, 0.25) is 5.91 Å². The monoisotopic (exact) mass is 272 g/mol. The fourth-order valence-electron chi connectivity index (χ4n) is 1.46. The van der Waals surface area contributed by atoms with Crippen LogP contribution >= 0.6 is 23.2 Å². The minimum atomic E-state index is -0.131. The summed E-state index contributed by atoms with van der Waals surface area (Å²) < 4.78 is 0. The van der Waals surface area contributed by atoms with E-state index in [0.717, 1.165) is 12.8 Å². The SMILES string of the molecule is CC1(NCC(=O)Nc2c(Cl)cccc2Cl)CC1. The number of carbonyl (C=O) groups is 1. The highest BCUT2D eigenvalue weighted by molar-refractivity contribution is 6.39. The highest BCUT2D eigenvalue weighted by atomic mass is 35.5. The quantitative estimate of drug-likeness (QED) is 0.885. The predicted octanol–water partition coefficient (Wildman–Crippen LogP) is 3.07. The lowest BCUT2D eigenvalue weighted by Gasteiger charge is -2.12. The molecular weight excluding hydrogens is 259 g/mol. The van der Waals surface area contributed by atoms with Crippen LogP contribution in [0.3, 0.4) is 0 Å². The highest BCUT2D eigenvalue weighted by Gasteiger charge is 2.36. The van der Waals surface area contributed by atoms with Gasteiger partial charge in [0.1, 0.15) is 0 Å². The van der Waals surface area contributed by atoms with Crippen molar-refractivity contribution in [2.45, 2.75) is 25.3 Å². The Morgan fingerprint density at radius 2 is 1.94 bits per heavy atom. The normalized spacial score (nSPS) is 16.6. The van der Waals surface area contributed by atoms with Crippen LogP contribution in [-0.2, 0) is 4.79 Å². The van der Waals surface area contributed by atoms with Crippen molar-refractivity contribution in [1.29, 1.82) is 0 Å². The summed E-state index contributed by atoms with van der Waals surface area (Å²) in [5.41, 5.74) is 0.616. The minimum Gasteiger partial charge on any atom is -0.322 e. The Balaban J connectivity index is 1.93. The van der Waals surface area contributed by atoms with Gasteiger partial charge < -0.3 is 10.6 Å². The molecule has 3 nitrogen and oxygen atoms in total. The van der Waals surface area contributed by atoms with E-state index in [4.69, 9.17) is 23.2 Å². The van der Waals surface area contributed by atoms with Gasteiger partial charge in [-0.2, -0.15) is 0 Å². The maximum Gasteiger partial charge on any atom is 0.238 e. The molecule has 5 heteroatoms. The van der Waals surface area contributed by atoms with Crippen molar-refractivity contribution in [3.63, 3.8) is 0 Å². The Morgan fingerprint density at radius 1 is 1.35 bits per heavy atom. The van der Waals surface area contributed by atoms with Crippen LogP contribution in [0, 0.1) is 0 Å². The average Bonchev–Trinajstić information content (AvgIpc) is 3.00. The fraction of sp³-hybridized carbons (Fsp3) is 0.417. The molecule has 0 aromatic heterocycles. The number of halogens is 2. The number of hydrogen-bond acceptors (Lipinski definition) is 2. The zero-order valence-electron chi connectivity index (χ0n) is 9.52. The molecule has 1 amide bonds. The zero-order chi connectivity index (χ0) is 12.5. The van der Waals surface area contributed by atoms with Crippen LogP contribution in [-0.4, -0.2) is 18.0 Å². The second-order valence-electron chi connectivity index (χ2n) is 4.56. The Labute approximate surface area is 110 Å². The first-order valence-corrected chi connectivity index (χ1v) is 6.25. The number of hydrogen-bond donors (Lipinski definition) is 2. The molecule has 0 atom stereocenters. The van der Waals surface area contributed by atoms with Gasteiger partial charge in [0, 0.05) is 5.54 Å². The molecule has 0 radical (unpaired) electrons. The van der Waals surface area contributed by atoms with Crippen LogP contribution in [0.1, 0.15) is 19.8 Å². The van der Waals surface area contributed by atoms with Crippen LogP contribution in [0.5, 0.6) is 0 Å². The van der Waals surface area contributed by atoms with E-state index in [-0.39, 0.29) is 18.0 Å². The van der Waals surface area contributed by atoms with Gasteiger partial charge >= 0.3 is 0 Å². The third-order valence-corrected chi connectivity index (χ3v) is 3.53. The Hall–Kier alpha value is -0.770. The van der Waals surface area contributed by atoms with Crippen molar-refractivity contribution >= 4 is 34.8 Å². The zero-order valence-corrected chi connectivity index (χ0v) is 11.0. The van der Waals surface area contributed by atoms with Crippen molar-refractivity contribution in [3.05, 3.63) is 28.2 Å². The van der Waals surface area contributed by atoms with E-state index in [1.165, 1.54) is 0 Å². The largest absolute Gasteiger partial charge is 0.322 e. The van der Waals surface area contributed by atoms with Crippen molar-refractivity contribution in [3.8, 4) is 0 Å². The van der Waals surface area contributed by atoms with E-state index in [1.807, 2.05) is 0 Å². The summed E-state index contributed by atoms with van der Waals surface area (Å²) in [5, 5.41) is 6.80. The van der Waals surface area contributed by atoms with Crippen LogP contribution in [0.15, 0.2) is 18.2 Å². The molecule has 1 fully saturated rings. The molecule has 0 spiro atoms. The minimum absolute atomic E-state index is 0.131. The van der Waals surface area contributed by atoms with Gasteiger partial charge in [-0.15, -0.1) is 0 Å². The first-order chi connectivity index (χ1) is 8.00. The summed E-state index contributed by atoms with van der Waals surface area (Å²) in [6, 6.07) is 5.13. The average molecular weight is 273 g/mol. The first-order valence-electron chi connectivity index (χ1n) is 5.49. The van der Waals surface area contributed by atoms with Crippen molar-refractivity contribution in [1.82, 2.24) is 5.32 Å². The summed E-state index contributed by atoms with van der Waals surface area (Å²) in [7, 11) is 0. The fourth-order valence-corrected chi connectivity index (χ4v) is 1.95. The van der Waals surface area contributed by atoms with Crippen LogP contribution < -0.4 is 10.6 Å². The third-order valence-electron chi connectivity index (χ3n) is 2.90. The molecule has 92 valence electrons. The molecule has 1 aromatic carbocycles. The molecule has 1 aliphatic rings. The Bertz CT molecular complexity index is 424. The van der Waals surface area contributed by atoms with E-state index in [2.05, 4.69) is 17.6 Å². The van der Waals surface area contributed by atoms with Gasteiger partial charge in [-0.05, 0) is 31.9 Å². The highest BCUT2D eigenvalue weighted by Crippen LogP contribution is 2.34. The third kappa shape index (κ3) is 3.35. The first kappa shape index (κ1) is 12.7. The standard InChI is InChI=1S/C12H14Cl2N2O/c1-12(5-6-12)15-7-10(17)16-11-8(13)3-2-4-9(11)14/h2-4,15H,5-7H2,1H3,(H,16,17). The van der Waals surface area contributed by atoms with Crippen LogP contribution in [0.4, 0.5) is 5.69 Å². The summed E-state index contributed by atoms with van der Waals surface area (Å²) >= 11 is 11.9. The molecule has 0 unspecified atom stereocenters. The number of rotatable bonds is 4. The van der Waals surface area contributed by atoms with Crippen LogP contribution in [0.25, 0.3) is 0 Å². The maximum atomic E-state index is 11.7. The molecule has 0 heterocycles. The van der Waals surface area contributed by atoms with E-state index < -0.39 is 0 Å². The lowest BCUT2D eigenvalue weighted by atomic mass is 10.3. The van der Waals surface area contributed by atoms with E-state index in [0.29, 0.717) is 15.7 Å². The van der Waals surface area contributed by atoms with E-state index in [1.54, 1.807) is 18.2 Å². The molecule has 0 bridgehead atoms. The predicted molar refractivity (Wildman–Crippen MR) is 70.7 cm³/mol. The number of carbonyl (C=O) groups excluding carboxylic acids is 1. The molecule has 1 aromatic rings. The van der Waals surface area contributed by atoms with Gasteiger partial charge in [-0.3, -0.25) is 4.79 Å². The number of amides is 1. The molecule has 0 saturated heterocycles. The van der Waals surface area contributed by atoms with Gasteiger partial charge in [-0.25, -0.2) is 0 Å². The maximum absolute atomic E-state index is 11.7. The second-order valence-corrected chi connectivity index (χ2v) is 5.37. The summed E-state index contributed by atoms with van der Waals surface area (Å²) in [4.78, 5) is 11.7. The van der Waals surface area contributed by atoms with E-state index in [9.17, 15) is 4.79 Å². The lowest BCUT2D eigenvalue weighted by molar-refractivity contribution is -0.115. The number of para-hydroxylation sites is 1. The molecule has 1 aliphatic carbocycles. The van der Waals surface area contributed by atoms with Gasteiger partial charge in [0.05, 0.1) is 22.3 Å². The molecule has 1 saturated carbocycles. The summed E-state index contributed by atoms with van der Waals surface area (Å²) in [6.07, 6.45) is 2.24. The van der Waals surface area contributed by atoms with E-state index >= 15 is 0 Å². The van der Waals surface area contributed by atoms with Crippen molar-refractivity contribution in [2.75, 3.05) is 11.9 Å². The smallest absolute Gasteiger partial charge is 0.238 e. The number of benzene rings is 1. The molecule has 0 aliphatic heterocycles.